The van der Waals surface area contributed by atoms with Crippen molar-refractivity contribution in [3.8, 4) is 5.69 Å². The molecular formula is C16H16N6O4S. The number of amides is 1. The van der Waals surface area contributed by atoms with Crippen LogP contribution in [0.25, 0.3) is 5.69 Å². The third kappa shape index (κ3) is 3.34. The number of hydrogen-bond acceptors (Lipinski definition) is 7. The molecule has 0 bridgehead atoms. The van der Waals surface area contributed by atoms with Gasteiger partial charge < -0.3 is 9.32 Å². The summed E-state index contributed by atoms with van der Waals surface area (Å²) in [5.74, 6) is 0.0207. The highest BCUT2D eigenvalue weighted by Gasteiger charge is 2.31. The molecule has 140 valence electrons. The molecule has 10 nitrogen and oxygen atoms in total. The highest BCUT2D eigenvalue weighted by Crippen LogP contribution is 2.20. The van der Waals surface area contributed by atoms with Crippen LogP contribution in [0.4, 0.5) is 0 Å². The Balaban J connectivity index is 1.45. The minimum absolute atomic E-state index is 0.185. The second kappa shape index (κ2) is 6.93. The lowest BCUT2D eigenvalue weighted by molar-refractivity contribution is 0.0666. The van der Waals surface area contributed by atoms with E-state index >= 15 is 0 Å². The standard InChI is InChI=1S/C16H16N6O4S/c23-16(15-2-1-11-26-15)20-7-9-21(10-8-20)27(24,25)14-5-3-13(4-6-14)22-12-17-18-19-22/h1-6,11-12H,7-10H2. The molecular weight excluding hydrogens is 372 g/mol. The van der Waals surface area contributed by atoms with Crippen molar-refractivity contribution < 1.29 is 17.6 Å². The summed E-state index contributed by atoms with van der Waals surface area (Å²) >= 11 is 0. The number of aromatic nitrogens is 4. The van der Waals surface area contributed by atoms with Crippen molar-refractivity contribution in [2.75, 3.05) is 26.2 Å². The van der Waals surface area contributed by atoms with Crippen LogP contribution in [0.3, 0.4) is 0 Å². The van der Waals surface area contributed by atoms with Crippen LogP contribution in [0.5, 0.6) is 0 Å². The Bertz CT molecular complexity index is 1010. The number of tetrazole rings is 1. The topological polar surface area (TPSA) is 114 Å². The number of benzene rings is 1. The van der Waals surface area contributed by atoms with Crippen LogP contribution >= 0.6 is 0 Å². The quantitative estimate of drug-likeness (QED) is 0.635. The first-order chi connectivity index (χ1) is 13.1. The highest BCUT2D eigenvalue weighted by atomic mass is 32.2. The molecule has 0 radical (unpaired) electrons. The van der Waals surface area contributed by atoms with Crippen molar-refractivity contribution in [3.63, 3.8) is 0 Å². The van der Waals surface area contributed by atoms with Gasteiger partial charge in [-0.3, -0.25) is 4.79 Å². The van der Waals surface area contributed by atoms with Crippen molar-refractivity contribution >= 4 is 15.9 Å². The van der Waals surface area contributed by atoms with Gasteiger partial charge in [0.1, 0.15) is 6.33 Å². The molecule has 4 rings (SSSR count). The molecule has 3 heterocycles. The summed E-state index contributed by atoms with van der Waals surface area (Å²) in [4.78, 5) is 14.1. The molecule has 27 heavy (non-hydrogen) atoms. The lowest BCUT2D eigenvalue weighted by Crippen LogP contribution is -2.50. The molecule has 1 saturated heterocycles. The van der Waals surface area contributed by atoms with Crippen LogP contribution in [0.2, 0.25) is 0 Å². The summed E-state index contributed by atoms with van der Waals surface area (Å²) in [5, 5.41) is 10.9. The Morgan fingerprint density at radius 3 is 2.37 bits per heavy atom. The number of rotatable bonds is 4. The fourth-order valence-corrected chi connectivity index (χ4v) is 4.31. The van der Waals surface area contributed by atoms with Crippen molar-refractivity contribution in [2.24, 2.45) is 0 Å². The smallest absolute Gasteiger partial charge is 0.289 e. The van der Waals surface area contributed by atoms with Crippen LogP contribution in [-0.2, 0) is 10.0 Å². The van der Waals surface area contributed by atoms with Gasteiger partial charge in [0.25, 0.3) is 5.91 Å². The van der Waals surface area contributed by atoms with E-state index in [1.165, 1.54) is 33.7 Å². The normalized spacial score (nSPS) is 15.8. The number of sulfonamides is 1. The van der Waals surface area contributed by atoms with Gasteiger partial charge >= 0.3 is 0 Å². The summed E-state index contributed by atoms with van der Waals surface area (Å²) in [5.41, 5.74) is 0.660. The number of carbonyl (C=O) groups is 1. The average molecular weight is 388 g/mol. The molecule has 0 N–H and O–H groups in total. The van der Waals surface area contributed by atoms with Gasteiger partial charge in [0.15, 0.2) is 5.76 Å². The Hall–Kier alpha value is -3.05. The summed E-state index contributed by atoms with van der Waals surface area (Å²) in [6, 6.07) is 9.56. The van der Waals surface area contributed by atoms with Gasteiger partial charge in [0.05, 0.1) is 16.8 Å². The average Bonchev–Trinajstić information content (AvgIpc) is 3.41. The summed E-state index contributed by atoms with van der Waals surface area (Å²) in [7, 11) is -3.64. The molecule has 1 amide bonds. The van der Waals surface area contributed by atoms with Gasteiger partial charge in [-0.15, -0.1) is 5.10 Å². The predicted octanol–water partition coefficient (Wildman–Crippen LogP) is 0.402. The number of piperazine rings is 1. The third-order valence-electron chi connectivity index (χ3n) is 4.35. The minimum Gasteiger partial charge on any atom is -0.459 e. The van der Waals surface area contributed by atoms with Crippen molar-refractivity contribution in [3.05, 3.63) is 54.7 Å². The highest BCUT2D eigenvalue weighted by molar-refractivity contribution is 7.89. The zero-order valence-electron chi connectivity index (χ0n) is 14.2. The number of furan rings is 1. The summed E-state index contributed by atoms with van der Waals surface area (Å²) < 4.78 is 33.6. The van der Waals surface area contributed by atoms with Crippen LogP contribution in [0, 0.1) is 0 Å². The van der Waals surface area contributed by atoms with E-state index in [1.54, 1.807) is 29.2 Å². The Morgan fingerprint density at radius 2 is 1.78 bits per heavy atom. The number of nitrogens with zero attached hydrogens (tertiary/aromatic N) is 6. The fourth-order valence-electron chi connectivity index (χ4n) is 2.89. The van der Waals surface area contributed by atoms with Crippen LogP contribution in [0.1, 0.15) is 10.6 Å². The van der Waals surface area contributed by atoms with Gasteiger partial charge in [0.2, 0.25) is 10.0 Å². The van der Waals surface area contributed by atoms with Gasteiger partial charge in [0, 0.05) is 26.2 Å². The van der Waals surface area contributed by atoms with E-state index < -0.39 is 10.0 Å². The van der Waals surface area contributed by atoms with E-state index in [1.807, 2.05) is 0 Å². The second-order valence-corrected chi connectivity index (χ2v) is 7.86. The van der Waals surface area contributed by atoms with Crippen LogP contribution < -0.4 is 0 Å². The van der Waals surface area contributed by atoms with E-state index in [0.29, 0.717) is 18.8 Å². The van der Waals surface area contributed by atoms with Crippen molar-refractivity contribution in [2.45, 2.75) is 4.90 Å². The maximum Gasteiger partial charge on any atom is 0.289 e. The first-order valence-electron chi connectivity index (χ1n) is 8.22. The largest absolute Gasteiger partial charge is 0.459 e. The van der Waals surface area contributed by atoms with E-state index in [2.05, 4.69) is 15.5 Å². The first-order valence-corrected chi connectivity index (χ1v) is 9.66. The predicted molar refractivity (Wildman–Crippen MR) is 92.5 cm³/mol. The molecule has 0 saturated carbocycles. The number of carbonyl (C=O) groups excluding carboxylic acids is 1. The molecule has 0 unspecified atom stereocenters. The molecule has 3 aromatic rings. The molecule has 0 spiro atoms. The minimum atomic E-state index is -3.64. The summed E-state index contributed by atoms with van der Waals surface area (Å²) in [6.45, 7) is 1.07. The molecule has 1 aliphatic rings. The lowest BCUT2D eigenvalue weighted by atomic mass is 10.3. The van der Waals surface area contributed by atoms with Gasteiger partial charge in [-0.1, -0.05) is 0 Å². The fraction of sp³-hybridized carbons (Fsp3) is 0.250. The van der Waals surface area contributed by atoms with Gasteiger partial charge in [-0.05, 0) is 46.8 Å². The van der Waals surface area contributed by atoms with E-state index in [4.69, 9.17) is 4.42 Å². The van der Waals surface area contributed by atoms with E-state index in [-0.39, 0.29) is 29.7 Å². The third-order valence-corrected chi connectivity index (χ3v) is 6.26. The first kappa shape index (κ1) is 17.4. The molecule has 2 aromatic heterocycles. The van der Waals surface area contributed by atoms with E-state index in [9.17, 15) is 13.2 Å². The Kier molecular flexibility index (Phi) is 4.46. The number of hydrogen-bond donors (Lipinski definition) is 0. The van der Waals surface area contributed by atoms with Crippen LogP contribution in [-0.4, -0.2) is 69.9 Å². The van der Waals surface area contributed by atoms with Gasteiger partial charge in [-0.2, -0.15) is 4.31 Å². The SMILES string of the molecule is O=C(c1ccco1)N1CCN(S(=O)(=O)c2ccc(-n3cnnn3)cc2)CC1. The Morgan fingerprint density at radius 1 is 1.04 bits per heavy atom. The lowest BCUT2D eigenvalue weighted by Gasteiger charge is -2.33. The molecule has 1 aliphatic heterocycles. The zero-order chi connectivity index (χ0) is 18.9. The molecule has 0 aliphatic carbocycles. The van der Waals surface area contributed by atoms with Crippen LogP contribution in [0.15, 0.2) is 58.3 Å². The maximum absolute atomic E-state index is 12.8. The molecule has 0 atom stereocenters. The van der Waals surface area contributed by atoms with Gasteiger partial charge in [-0.25, -0.2) is 13.1 Å². The molecule has 11 heteroatoms. The Labute approximate surface area is 155 Å². The van der Waals surface area contributed by atoms with Crippen molar-refractivity contribution in [1.29, 1.82) is 0 Å². The molecule has 1 aromatic carbocycles. The van der Waals surface area contributed by atoms with Crippen molar-refractivity contribution in [1.82, 2.24) is 29.4 Å². The second-order valence-electron chi connectivity index (χ2n) is 5.92. The molecule has 1 fully saturated rings. The zero-order valence-corrected chi connectivity index (χ0v) is 15.0. The van der Waals surface area contributed by atoms with E-state index in [0.717, 1.165) is 0 Å². The monoisotopic (exact) mass is 388 g/mol. The maximum atomic E-state index is 12.8. The summed E-state index contributed by atoms with van der Waals surface area (Å²) in [6.07, 6.45) is 2.87.